The SMILES string of the molecule is CN(Cc1ncc[nH]1)C(=O)C1CC1c1ccccc1. The number of aromatic amines is 1. The normalized spacial score (nSPS) is 21.1. The van der Waals surface area contributed by atoms with Crippen molar-refractivity contribution < 1.29 is 4.79 Å². The van der Waals surface area contributed by atoms with Crippen molar-refractivity contribution in [2.75, 3.05) is 7.05 Å². The van der Waals surface area contributed by atoms with Crippen LogP contribution in [-0.2, 0) is 11.3 Å². The Labute approximate surface area is 112 Å². The molecule has 1 heterocycles. The molecule has 2 aromatic rings. The van der Waals surface area contributed by atoms with Crippen LogP contribution in [0.3, 0.4) is 0 Å². The maximum absolute atomic E-state index is 12.3. The van der Waals surface area contributed by atoms with Crippen LogP contribution in [0.2, 0.25) is 0 Å². The van der Waals surface area contributed by atoms with E-state index in [2.05, 4.69) is 22.1 Å². The minimum atomic E-state index is 0.141. The van der Waals surface area contributed by atoms with Crippen LogP contribution in [0.5, 0.6) is 0 Å². The van der Waals surface area contributed by atoms with Crippen molar-refractivity contribution in [3.05, 3.63) is 54.1 Å². The van der Waals surface area contributed by atoms with Gasteiger partial charge in [0.1, 0.15) is 5.82 Å². The van der Waals surface area contributed by atoms with E-state index in [0.717, 1.165) is 12.2 Å². The minimum absolute atomic E-state index is 0.141. The van der Waals surface area contributed by atoms with Crippen LogP contribution in [0.15, 0.2) is 42.7 Å². The molecular formula is C15H17N3O. The van der Waals surface area contributed by atoms with E-state index in [-0.39, 0.29) is 11.8 Å². The number of imidazole rings is 1. The highest BCUT2D eigenvalue weighted by atomic mass is 16.2. The number of benzene rings is 1. The Morgan fingerprint density at radius 3 is 2.89 bits per heavy atom. The molecule has 1 aromatic heterocycles. The summed E-state index contributed by atoms with van der Waals surface area (Å²) in [6.07, 6.45) is 4.44. The lowest BCUT2D eigenvalue weighted by Crippen LogP contribution is -2.28. The number of nitrogens with zero attached hydrogens (tertiary/aromatic N) is 2. The Balaban J connectivity index is 1.60. The summed E-state index contributed by atoms with van der Waals surface area (Å²) in [6, 6.07) is 10.3. The van der Waals surface area contributed by atoms with Crippen LogP contribution in [0.25, 0.3) is 0 Å². The predicted octanol–water partition coefficient (Wildman–Crippen LogP) is 2.17. The fourth-order valence-electron chi connectivity index (χ4n) is 2.51. The molecule has 1 N–H and O–H groups in total. The average Bonchev–Trinajstić information content (AvgIpc) is 3.09. The van der Waals surface area contributed by atoms with Crippen molar-refractivity contribution in [3.63, 3.8) is 0 Å². The van der Waals surface area contributed by atoms with E-state index < -0.39 is 0 Å². The van der Waals surface area contributed by atoms with Crippen LogP contribution >= 0.6 is 0 Å². The smallest absolute Gasteiger partial charge is 0.226 e. The number of amides is 1. The fraction of sp³-hybridized carbons (Fsp3) is 0.333. The number of nitrogens with one attached hydrogen (secondary N) is 1. The number of carbonyl (C=O) groups is 1. The second-order valence-corrected chi connectivity index (χ2v) is 5.09. The highest BCUT2D eigenvalue weighted by molar-refractivity contribution is 5.82. The second kappa shape index (κ2) is 4.88. The van der Waals surface area contributed by atoms with Gasteiger partial charge in [0, 0.05) is 25.4 Å². The van der Waals surface area contributed by atoms with E-state index in [4.69, 9.17) is 0 Å². The minimum Gasteiger partial charge on any atom is -0.347 e. The molecular weight excluding hydrogens is 238 g/mol. The highest BCUT2D eigenvalue weighted by Crippen LogP contribution is 2.48. The van der Waals surface area contributed by atoms with Gasteiger partial charge in [-0.3, -0.25) is 4.79 Å². The summed E-state index contributed by atoms with van der Waals surface area (Å²) < 4.78 is 0. The number of hydrogen-bond acceptors (Lipinski definition) is 2. The summed E-state index contributed by atoms with van der Waals surface area (Å²) >= 11 is 0. The van der Waals surface area contributed by atoms with Gasteiger partial charge in [0.15, 0.2) is 0 Å². The standard InChI is InChI=1S/C15H17N3O/c1-18(10-14-16-7-8-17-14)15(19)13-9-12(13)11-5-3-2-4-6-11/h2-8,12-13H,9-10H2,1H3,(H,16,17). The summed E-state index contributed by atoms with van der Waals surface area (Å²) in [4.78, 5) is 21.2. The Hall–Kier alpha value is -2.10. The lowest BCUT2D eigenvalue weighted by molar-refractivity contribution is -0.132. The van der Waals surface area contributed by atoms with Crippen LogP contribution in [-0.4, -0.2) is 27.8 Å². The molecule has 98 valence electrons. The van der Waals surface area contributed by atoms with E-state index in [9.17, 15) is 4.79 Å². The first-order valence-corrected chi connectivity index (χ1v) is 6.54. The van der Waals surface area contributed by atoms with Gasteiger partial charge in [0.2, 0.25) is 5.91 Å². The molecule has 2 atom stereocenters. The molecule has 0 bridgehead atoms. The molecule has 1 aliphatic carbocycles. The van der Waals surface area contributed by atoms with E-state index in [1.54, 1.807) is 17.3 Å². The summed E-state index contributed by atoms with van der Waals surface area (Å²) in [6.45, 7) is 0.545. The van der Waals surface area contributed by atoms with Crippen molar-refractivity contribution >= 4 is 5.91 Å². The monoisotopic (exact) mass is 255 g/mol. The number of hydrogen-bond donors (Lipinski definition) is 1. The maximum Gasteiger partial charge on any atom is 0.226 e. The number of carbonyl (C=O) groups excluding carboxylic acids is 1. The van der Waals surface area contributed by atoms with E-state index in [1.807, 2.05) is 25.2 Å². The Morgan fingerprint density at radius 1 is 1.42 bits per heavy atom. The molecule has 3 rings (SSSR count). The van der Waals surface area contributed by atoms with Gasteiger partial charge in [0.05, 0.1) is 6.54 Å². The molecule has 19 heavy (non-hydrogen) atoms. The highest BCUT2D eigenvalue weighted by Gasteiger charge is 2.45. The first-order chi connectivity index (χ1) is 9.25. The zero-order valence-electron chi connectivity index (χ0n) is 10.9. The van der Waals surface area contributed by atoms with Gasteiger partial charge in [0.25, 0.3) is 0 Å². The molecule has 0 aliphatic heterocycles. The zero-order chi connectivity index (χ0) is 13.2. The van der Waals surface area contributed by atoms with E-state index in [1.165, 1.54) is 5.56 Å². The lowest BCUT2D eigenvalue weighted by atomic mass is 10.1. The quantitative estimate of drug-likeness (QED) is 0.910. The molecule has 1 amide bonds. The zero-order valence-corrected chi connectivity index (χ0v) is 10.9. The average molecular weight is 255 g/mol. The molecule has 1 saturated carbocycles. The Bertz CT molecular complexity index is 550. The largest absolute Gasteiger partial charge is 0.347 e. The number of H-pyrrole nitrogens is 1. The van der Waals surface area contributed by atoms with Crippen LogP contribution < -0.4 is 0 Å². The molecule has 0 saturated heterocycles. The van der Waals surface area contributed by atoms with Crippen molar-refractivity contribution in [1.82, 2.24) is 14.9 Å². The first kappa shape index (κ1) is 12.0. The van der Waals surface area contributed by atoms with Crippen molar-refractivity contribution in [3.8, 4) is 0 Å². The van der Waals surface area contributed by atoms with Gasteiger partial charge in [-0.25, -0.2) is 4.98 Å². The Kier molecular flexibility index (Phi) is 3.07. The lowest BCUT2D eigenvalue weighted by Gasteiger charge is -2.15. The number of rotatable bonds is 4. The first-order valence-electron chi connectivity index (χ1n) is 6.54. The van der Waals surface area contributed by atoms with Gasteiger partial charge in [-0.15, -0.1) is 0 Å². The van der Waals surface area contributed by atoms with Gasteiger partial charge < -0.3 is 9.88 Å². The van der Waals surface area contributed by atoms with Crippen LogP contribution in [0.4, 0.5) is 0 Å². The molecule has 2 unspecified atom stereocenters. The third-order valence-electron chi connectivity index (χ3n) is 3.65. The van der Waals surface area contributed by atoms with Crippen LogP contribution in [0.1, 0.15) is 23.7 Å². The van der Waals surface area contributed by atoms with E-state index >= 15 is 0 Å². The molecule has 1 aliphatic rings. The van der Waals surface area contributed by atoms with E-state index in [0.29, 0.717) is 12.5 Å². The third-order valence-corrected chi connectivity index (χ3v) is 3.65. The third kappa shape index (κ3) is 2.52. The molecule has 0 radical (unpaired) electrons. The van der Waals surface area contributed by atoms with Crippen molar-refractivity contribution in [2.45, 2.75) is 18.9 Å². The van der Waals surface area contributed by atoms with Crippen molar-refractivity contribution in [1.29, 1.82) is 0 Å². The maximum atomic E-state index is 12.3. The second-order valence-electron chi connectivity index (χ2n) is 5.09. The predicted molar refractivity (Wildman–Crippen MR) is 72.4 cm³/mol. The van der Waals surface area contributed by atoms with Crippen LogP contribution in [0, 0.1) is 5.92 Å². The summed E-state index contributed by atoms with van der Waals surface area (Å²) in [7, 11) is 1.84. The summed E-state index contributed by atoms with van der Waals surface area (Å²) in [5.41, 5.74) is 1.27. The molecule has 4 heteroatoms. The molecule has 1 fully saturated rings. The molecule has 4 nitrogen and oxygen atoms in total. The molecule has 1 aromatic carbocycles. The summed E-state index contributed by atoms with van der Waals surface area (Å²) in [5, 5.41) is 0. The van der Waals surface area contributed by atoms with Gasteiger partial charge >= 0.3 is 0 Å². The number of aromatic nitrogens is 2. The fourth-order valence-corrected chi connectivity index (χ4v) is 2.51. The summed E-state index contributed by atoms with van der Waals surface area (Å²) in [5.74, 6) is 1.58. The Morgan fingerprint density at radius 2 is 2.21 bits per heavy atom. The molecule has 0 spiro atoms. The van der Waals surface area contributed by atoms with Crippen molar-refractivity contribution in [2.24, 2.45) is 5.92 Å². The van der Waals surface area contributed by atoms with Gasteiger partial charge in [-0.1, -0.05) is 30.3 Å². The van der Waals surface area contributed by atoms with Gasteiger partial charge in [-0.05, 0) is 17.9 Å². The van der Waals surface area contributed by atoms with Gasteiger partial charge in [-0.2, -0.15) is 0 Å². The topological polar surface area (TPSA) is 49.0 Å².